The van der Waals surface area contributed by atoms with Crippen LogP contribution in [0, 0.1) is 0 Å². The van der Waals surface area contributed by atoms with E-state index in [2.05, 4.69) is 23.9 Å². The number of amides is 2. The minimum absolute atomic E-state index is 0.0826. The normalized spacial score (nSPS) is 11.0. The SMILES string of the molecule is C=NC(=O)CCCCCCC/C=C/CCCCCCCC(N)=O. The Balaban J connectivity index is 3.15. The van der Waals surface area contributed by atoms with Crippen LogP contribution in [0.25, 0.3) is 0 Å². The summed E-state index contributed by atoms with van der Waals surface area (Å²) in [6.45, 7) is 3.23. The molecule has 0 aliphatic carbocycles. The number of hydrogen-bond acceptors (Lipinski definition) is 2. The van der Waals surface area contributed by atoms with Gasteiger partial charge in [-0.25, -0.2) is 4.99 Å². The predicted molar refractivity (Wildman–Crippen MR) is 97.5 cm³/mol. The van der Waals surface area contributed by atoms with E-state index in [0.29, 0.717) is 12.8 Å². The smallest absolute Gasteiger partial charge is 0.245 e. The van der Waals surface area contributed by atoms with Gasteiger partial charge in [-0.3, -0.25) is 9.59 Å². The Kier molecular flexibility index (Phi) is 15.8. The quantitative estimate of drug-likeness (QED) is 0.254. The molecule has 0 heterocycles. The molecular weight excluding hydrogens is 288 g/mol. The van der Waals surface area contributed by atoms with Crippen LogP contribution in [0.1, 0.15) is 89.9 Å². The molecule has 0 rings (SSSR count). The van der Waals surface area contributed by atoms with E-state index in [4.69, 9.17) is 5.73 Å². The highest BCUT2D eigenvalue weighted by atomic mass is 16.1. The maximum Gasteiger partial charge on any atom is 0.245 e. The van der Waals surface area contributed by atoms with Crippen molar-refractivity contribution < 1.29 is 9.59 Å². The third-order valence-electron chi connectivity index (χ3n) is 3.90. The van der Waals surface area contributed by atoms with Crippen LogP contribution in [0.15, 0.2) is 17.1 Å². The summed E-state index contributed by atoms with van der Waals surface area (Å²) in [6, 6.07) is 0. The largest absolute Gasteiger partial charge is 0.370 e. The van der Waals surface area contributed by atoms with E-state index in [1.807, 2.05) is 0 Å². The number of carbonyl (C=O) groups excluding carboxylic acids is 2. The molecule has 0 spiro atoms. The fourth-order valence-corrected chi connectivity index (χ4v) is 2.48. The molecule has 0 atom stereocenters. The summed E-state index contributed by atoms with van der Waals surface area (Å²) in [4.78, 5) is 24.9. The fourth-order valence-electron chi connectivity index (χ4n) is 2.48. The number of nitrogens with two attached hydrogens (primary N) is 1. The Morgan fingerprint density at radius 3 is 1.65 bits per heavy atom. The van der Waals surface area contributed by atoms with Gasteiger partial charge in [0, 0.05) is 12.8 Å². The molecular formula is C19H34N2O2. The molecule has 0 saturated carbocycles. The van der Waals surface area contributed by atoms with Crippen LogP contribution >= 0.6 is 0 Å². The number of unbranched alkanes of at least 4 members (excludes halogenated alkanes) is 10. The zero-order chi connectivity index (χ0) is 17.2. The van der Waals surface area contributed by atoms with Crippen LogP contribution in [0.4, 0.5) is 0 Å². The highest BCUT2D eigenvalue weighted by Crippen LogP contribution is 2.10. The molecule has 0 aliphatic rings. The highest BCUT2D eigenvalue weighted by molar-refractivity contribution is 5.80. The number of aliphatic imine (C=N–C) groups is 1. The number of allylic oxidation sites excluding steroid dienone is 2. The summed E-state index contributed by atoms with van der Waals surface area (Å²) < 4.78 is 0. The maximum absolute atomic E-state index is 10.9. The first-order valence-electron chi connectivity index (χ1n) is 9.09. The fraction of sp³-hybridized carbons (Fsp3) is 0.737. The van der Waals surface area contributed by atoms with E-state index in [1.54, 1.807) is 0 Å². The molecule has 0 fully saturated rings. The third kappa shape index (κ3) is 18.5. The first-order chi connectivity index (χ1) is 11.2. The van der Waals surface area contributed by atoms with Crippen LogP contribution < -0.4 is 5.73 Å². The number of carbonyl (C=O) groups is 2. The summed E-state index contributed by atoms with van der Waals surface area (Å²) in [6.07, 6.45) is 19.4. The van der Waals surface area contributed by atoms with Crippen molar-refractivity contribution in [2.24, 2.45) is 10.7 Å². The summed E-state index contributed by atoms with van der Waals surface area (Å²) in [7, 11) is 0. The van der Waals surface area contributed by atoms with Crippen LogP contribution in [0.2, 0.25) is 0 Å². The lowest BCUT2D eigenvalue weighted by Crippen LogP contribution is -2.09. The van der Waals surface area contributed by atoms with Crippen LogP contribution in [-0.4, -0.2) is 18.5 Å². The number of nitrogens with zero attached hydrogens (tertiary/aromatic N) is 1. The lowest BCUT2D eigenvalue weighted by Gasteiger charge is -1.99. The minimum Gasteiger partial charge on any atom is -0.370 e. The zero-order valence-electron chi connectivity index (χ0n) is 14.6. The Bertz CT molecular complexity index is 351. The van der Waals surface area contributed by atoms with Gasteiger partial charge in [-0.1, -0.05) is 50.7 Å². The predicted octanol–water partition coefficient (Wildman–Crippen LogP) is 4.72. The van der Waals surface area contributed by atoms with Gasteiger partial charge in [0.15, 0.2) is 0 Å². The molecule has 0 aromatic rings. The van der Waals surface area contributed by atoms with Crippen LogP contribution in [0.3, 0.4) is 0 Å². The molecule has 0 saturated heterocycles. The van der Waals surface area contributed by atoms with Gasteiger partial charge in [-0.05, 0) is 45.2 Å². The maximum atomic E-state index is 10.9. The van der Waals surface area contributed by atoms with Crippen molar-refractivity contribution in [1.29, 1.82) is 0 Å². The van der Waals surface area contributed by atoms with Crippen molar-refractivity contribution in [2.45, 2.75) is 89.9 Å². The summed E-state index contributed by atoms with van der Waals surface area (Å²) >= 11 is 0. The van der Waals surface area contributed by atoms with Crippen molar-refractivity contribution in [2.75, 3.05) is 0 Å². The van der Waals surface area contributed by atoms with Crippen molar-refractivity contribution in [3.63, 3.8) is 0 Å². The van der Waals surface area contributed by atoms with Gasteiger partial charge in [0.1, 0.15) is 0 Å². The second-order valence-electron chi connectivity index (χ2n) is 6.10. The van der Waals surface area contributed by atoms with Crippen molar-refractivity contribution >= 4 is 18.5 Å². The van der Waals surface area contributed by atoms with Gasteiger partial charge < -0.3 is 5.73 Å². The standard InChI is InChI=1S/C19H34N2O2/c1-21-19(23)17-15-13-11-9-7-5-3-2-4-6-8-10-12-14-16-18(20)22/h2-3H,1,4-17H2,(H2,20,22)/b3-2+. The first-order valence-corrected chi connectivity index (χ1v) is 9.09. The summed E-state index contributed by atoms with van der Waals surface area (Å²) in [5.74, 6) is -0.268. The van der Waals surface area contributed by atoms with Crippen molar-refractivity contribution in [1.82, 2.24) is 0 Å². The van der Waals surface area contributed by atoms with Crippen molar-refractivity contribution in [3.8, 4) is 0 Å². The monoisotopic (exact) mass is 322 g/mol. The number of rotatable bonds is 16. The second-order valence-corrected chi connectivity index (χ2v) is 6.10. The molecule has 0 aromatic carbocycles. The van der Waals surface area contributed by atoms with E-state index in [-0.39, 0.29) is 11.8 Å². The van der Waals surface area contributed by atoms with E-state index in [9.17, 15) is 9.59 Å². The van der Waals surface area contributed by atoms with Crippen LogP contribution in [-0.2, 0) is 9.59 Å². The lowest BCUT2D eigenvalue weighted by molar-refractivity contribution is -0.118. The number of primary amides is 1. The van der Waals surface area contributed by atoms with Gasteiger partial charge >= 0.3 is 0 Å². The minimum atomic E-state index is -0.185. The number of hydrogen-bond donors (Lipinski definition) is 1. The summed E-state index contributed by atoms with van der Waals surface area (Å²) in [5, 5.41) is 0. The van der Waals surface area contributed by atoms with Crippen LogP contribution in [0.5, 0.6) is 0 Å². The van der Waals surface area contributed by atoms with E-state index >= 15 is 0 Å². The zero-order valence-corrected chi connectivity index (χ0v) is 14.6. The van der Waals surface area contributed by atoms with Gasteiger partial charge in [0.25, 0.3) is 0 Å². The average molecular weight is 322 g/mol. The molecule has 0 unspecified atom stereocenters. The van der Waals surface area contributed by atoms with E-state index in [1.165, 1.54) is 38.5 Å². The van der Waals surface area contributed by atoms with E-state index < -0.39 is 0 Å². The lowest BCUT2D eigenvalue weighted by atomic mass is 10.1. The molecule has 2 N–H and O–H groups in total. The van der Waals surface area contributed by atoms with Gasteiger partial charge in [-0.15, -0.1) is 0 Å². The van der Waals surface area contributed by atoms with Gasteiger partial charge in [-0.2, -0.15) is 0 Å². The molecule has 0 aliphatic heterocycles. The van der Waals surface area contributed by atoms with Crippen molar-refractivity contribution in [3.05, 3.63) is 12.2 Å². The molecule has 0 bridgehead atoms. The summed E-state index contributed by atoms with van der Waals surface area (Å²) in [5.41, 5.74) is 5.10. The molecule has 132 valence electrons. The Labute approximate surface area is 141 Å². The Morgan fingerprint density at radius 2 is 1.17 bits per heavy atom. The Morgan fingerprint density at radius 1 is 0.739 bits per heavy atom. The molecule has 0 aromatic heterocycles. The average Bonchev–Trinajstić information content (AvgIpc) is 2.53. The van der Waals surface area contributed by atoms with E-state index in [0.717, 1.165) is 38.5 Å². The van der Waals surface area contributed by atoms with Gasteiger partial charge in [0.05, 0.1) is 0 Å². The molecule has 0 radical (unpaired) electrons. The molecule has 4 nitrogen and oxygen atoms in total. The first kappa shape index (κ1) is 21.6. The Hall–Kier alpha value is -1.45. The highest BCUT2D eigenvalue weighted by Gasteiger charge is 1.96. The molecule has 23 heavy (non-hydrogen) atoms. The van der Waals surface area contributed by atoms with Gasteiger partial charge in [0.2, 0.25) is 11.8 Å². The third-order valence-corrected chi connectivity index (χ3v) is 3.90. The topological polar surface area (TPSA) is 72.5 Å². The molecule has 2 amide bonds. The second kappa shape index (κ2) is 16.9. The molecule has 4 heteroatoms.